The van der Waals surface area contributed by atoms with Crippen molar-refractivity contribution in [2.75, 3.05) is 17.7 Å². The van der Waals surface area contributed by atoms with Crippen LogP contribution in [-0.2, 0) is 28.8 Å². The molecule has 3 heterocycles. The van der Waals surface area contributed by atoms with Crippen LogP contribution < -0.4 is 4.90 Å². The summed E-state index contributed by atoms with van der Waals surface area (Å²) in [5.74, 6) is 0.404. The summed E-state index contributed by atoms with van der Waals surface area (Å²) in [7, 11) is 1.78. The third kappa shape index (κ3) is 5.06. The monoisotopic (exact) mass is 485 g/mol. The number of fused-ring (bicyclic) bond motifs is 1. The second kappa shape index (κ2) is 9.18. The van der Waals surface area contributed by atoms with Crippen LogP contribution in [0.25, 0.3) is 22.6 Å². The largest absolute Gasteiger partial charge is 0.433 e. The molecule has 3 rings (SSSR count). The van der Waals surface area contributed by atoms with E-state index in [1.165, 1.54) is 11.1 Å². The fourth-order valence-corrected chi connectivity index (χ4v) is 4.11. The summed E-state index contributed by atoms with van der Waals surface area (Å²) in [5.41, 5.74) is -0.449. The molecular weight excluding hydrogens is 459 g/mol. The molecule has 0 aliphatic carbocycles. The average molecular weight is 486 g/mol. The van der Waals surface area contributed by atoms with Gasteiger partial charge in [0.05, 0.1) is 44.8 Å². The first-order valence-corrected chi connectivity index (χ1v) is 11.1. The van der Waals surface area contributed by atoms with Gasteiger partial charge in [-0.05, 0) is 12.1 Å². The Morgan fingerprint density at radius 1 is 1.15 bits per heavy atom. The normalized spacial score (nSPS) is 13.0. The zero-order valence-corrected chi connectivity index (χ0v) is 19.9. The van der Waals surface area contributed by atoms with Gasteiger partial charge >= 0.3 is 6.18 Å². The van der Waals surface area contributed by atoms with E-state index in [0.717, 1.165) is 12.3 Å². The van der Waals surface area contributed by atoms with Gasteiger partial charge < -0.3 is 14.9 Å². The first-order chi connectivity index (χ1) is 14.8. The summed E-state index contributed by atoms with van der Waals surface area (Å²) in [6, 6.07) is 2.49. The molecule has 3 aromatic rings. The maximum absolute atomic E-state index is 13.0. The van der Waals surface area contributed by atoms with Crippen LogP contribution in [0, 0.1) is 5.41 Å². The Kier molecular flexibility index (Phi) is 7.34. The van der Waals surface area contributed by atoms with E-state index in [4.69, 9.17) is 0 Å². The highest BCUT2D eigenvalue weighted by atomic mass is 32.2. The molecule has 0 aliphatic heterocycles. The van der Waals surface area contributed by atoms with Crippen molar-refractivity contribution in [3.05, 3.63) is 30.2 Å². The molecule has 0 saturated carbocycles. The van der Waals surface area contributed by atoms with Gasteiger partial charge in [-0.2, -0.15) is 13.2 Å². The lowest BCUT2D eigenvalue weighted by Gasteiger charge is -2.26. The average Bonchev–Trinajstić information content (AvgIpc) is 3.06. The van der Waals surface area contributed by atoms with Crippen LogP contribution in [0.15, 0.2) is 29.4 Å². The van der Waals surface area contributed by atoms with Gasteiger partial charge in [-0.1, -0.05) is 27.7 Å². The molecule has 33 heavy (non-hydrogen) atoms. The van der Waals surface area contributed by atoms with Gasteiger partial charge in [-0.15, -0.1) is 0 Å². The SMILES string of the molecule is CCS(=O)c1cc(N(C)C(=O)C(C)(C)C)cnc1-c1nc2cc(C(F)(F)F)ncc2n1C.O. The van der Waals surface area contributed by atoms with Crippen molar-refractivity contribution < 1.29 is 27.7 Å². The molecular formula is C21H26F3N5O3S. The summed E-state index contributed by atoms with van der Waals surface area (Å²) in [6.45, 7) is 7.12. The summed E-state index contributed by atoms with van der Waals surface area (Å²) in [4.78, 5) is 26.7. The molecule has 0 aromatic carbocycles. The maximum Gasteiger partial charge on any atom is 0.433 e. The molecule has 0 fully saturated rings. The Labute approximate surface area is 191 Å². The number of aromatic nitrogens is 4. The summed E-state index contributed by atoms with van der Waals surface area (Å²) in [5, 5.41) is 0. The molecule has 8 nitrogen and oxygen atoms in total. The Bertz CT molecular complexity index is 1220. The smallest absolute Gasteiger partial charge is 0.412 e. The molecule has 12 heteroatoms. The van der Waals surface area contributed by atoms with Crippen LogP contribution in [0.2, 0.25) is 0 Å². The number of alkyl halides is 3. The maximum atomic E-state index is 13.0. The number of pyridine rings is 2. The number of amides is 1. The van der Waals surface area contributed by atoms with E-state index < -0.39 is 28.1 Å². The van der Waals surface area contributed by atoms with Crippen molar-refractivity contribution >= 4 is 33.4 Å². The lowest BCUT2D eigenvalue weighted by atomic mass is 9.95. The first-order valence-electron chi connectivity index (χ1n) is 9.82. The highest BCUT2D eigenvalue weighted by molar-refractivity contribution is 7.85. The zero-order valence-electron chi connectivity index (χ0n) is 19.1. The van der Waals surface area contributed by atoms with Crippen molar-refractivity contribution in [1.29, 1.82) is 0 Å². The van der Waals surface area contributed by atoms with Crippen molar-refractivity contribution in [2.24, 2.45) is 12.5 Å². The predicted octanol–water partition coefficient (Wildman–Crippen LogP) is 3.36. The minimum atomic E-state index is -4.59. The van der Waals surface area contributed by atoms with Crippen molar-refractivity contribution in [3.8, 4) is 11.5 Å². The number of nitrogens with zero attached hydrogens (tertiary/aromatic N) is 5. The van der Waals surface area contributed by atoms with Gasteiger partial charge in [-0.25, -0.2) is 15.0 Å². The number of halogens is 3. The number of hydrogen-bond donors (Lipinski definition) is 0. The predicted molar refractivity (Wildman–Crippen MR) is 120 cm³/mol. The molecule has 0 aliphatic rings. The van der Waals surface area contributed by atoms with Crippen LogP contribution >= 0.6 is 0 Å². The molecule has 0 bridgehead atoms. The number of anilines is 1. The Morgan fingerprint density at radius 2 is 1.79 bits per heavy atom. The number of aryl methyl sites for hydroxylation is 1. The number of hydrogen-bond acceptors (Lipinski definition) is 5. The van der Waals surface area contributed by atoms with Crippen LogP contribution in [-0.4, -0.2) is 47.9 Å². The van der Waals surface area contributed by atoms with Crippen molar-refractivity contribution in [3.63, 3.8) is 0 Å². The molecule has 180 valence electrons. The topological polar surface area (TPSA) is 112 Å². The van der Waals surface area contributed by atoms with Gasteiger partial charge in [0.2, 0.25) is 5.91 Å². The van der Waals surface area contributed by atoms with Gasteiger partial charge in [0, 0.05) is 25.3 Å². The molecule has 1 unspecified atom stereocenters. The fraction of sp³-hybridized carbons (Fsp3) is 0.429. The van der Waals surface area contributed by atoms with E-state index in [0.29, 0.717) is 21.9 Å². The molecule has 0 radical (unpaired) electrons. The van der Waals surface area contributed by atoms with E-state index in [-0.39, 0.29) is 28.4 Å². The molecule has 1 atom stereocenters. The lowest BCUT2D eigenvalue weighted by Crippen LogP contribution is -2.36. The third-order valence-corrected chi connectivity index (χ3v) is 6.27. The van der Waals surface area contributed by atoms with E-state index >= 15 is 0 Å². The second-order valence-electron chi connectivity index (χ2n) is 8.34. The Morgan fingerprint density at radius 3 is 2.33 bits per heavy atom. The molecule has 2 N–H and O–H groups in total. The van der Waals surface area contributed by atoms with Gasteiger partial charge in [0.15, 0.2) is 5.82 Å². The lowest BCUT2D eigenvalue weighted by molar-refractivity contribution is -0.141. The molecule has 0 saturated heterocycles. The minimum absolute atomic E-state index is 0. The first kappa shape index (κ1) is 26.4. The summed E-state index contributed by atoms with van der Waals surface area (Å²) < 4.78 is 53.5. The summed E-state index contributed by atoms with van der Waals surface area (Å²) in [6.07, 6.45) is -2.02. The quantitative estimate of drug-likeness (QED) is 0.562. The van der Waals surface area contributed by atoms with Crippen LogP contribution in [0.4, 0.5) is 18.9 Å². The van der Waals surface area contributed by atoms with E-state index in [9.17, 15) is 22.2 Å². The zero-order chi connectivity index (χ0) is 24.0. The molecule has 0 spiro atoms. The fourth-order valence-electron chi connectivity index (χ4n) is 3.19. The third-order valence-electron chi connectivity index (χ3n) is 4.95. The van der Waals surface area contributed by atoms with Crippen molar-refractivity contribution in [1.82, 2.24) is 19.5 Å². The van der Waals surface area contributed by atoms with E-state index in [2.05, 4.69) is 15.0 Å². The van der Waals surface area contributed by atoms with E-state index in [1.807, 2.05) is 0 Å². The number of carbonyl (C=O) groups is 1. The number of rotatable bonds is 4. The second-order valence-corrected chi connectivity index (χ2v) is 10.0. The van der Waals surface area contributed by atoms with Crippen LogP contribution in [0.3, 0.4) is 0 Å². The van der Waals surface area contributed by atoms with Crippen LogP contribution in [0.1, 0.15) is 33.4 Å². The van der Waals surface area contributed by atoms with Crippen molar-refractivity contribution in [2.45, 2.75) is 38.8 Å². The van der Waals surface area contributed by atoms with Gasteiger partial charge in [0.25, 0.3) is 0 Å². The standard InChI is InChI=1S/C21H24F3N5O2S.H2O/c1-7-32(31)15-8-12(28(5)19(30)20(2,3)4)10-26-17(15)18-27-13-9-16(21(22,23)24)25-11-14(13)29(18)6;/h8-11H,7H2,1-6H3;1H2. The number of carbonyl (C=O) groups excluding carboxylic acids is 1. The minimum Gasteiger partial charge on any atom is -0.412 e. The molecule has 1 amide bonds. The summed E-state index contributed by atoms with van der Waals surface area (Å²) >= 11 is 0. The Hall–Kier alpha value is -2.86. The highest BCUT2D eigenvalue weighted by Crippen LogP contribution is 2.33. The van der Waals surface area contributed by atoms with Gasteiger partial charge in [-0.3, -0.25) is 9.00 Å². The van der Waals surface area contributed by atoms with Gasteiger partial charge in [0.1, 0.15) is 11.4 Å². The van der Waals surface area contributed by atoms with Crippen LogP contribution in [0.5, 0.6) is 0 Å². The Balaban J connectivity index is 0.00000385. The number of imidazole rings is 1. The van der Waals surface area contributed by atoms with E-state index in [1.54, 1.807) is 52.4 Å². The highest BCUT2D eigenvalue weighted by Gasteiger charge is 2.33. The molecule has 3 aromatic heterocycles.